The van der Waals surface area contributed by atoms with E-state index in [1.165, 1.54) is 0 Å². The molecule has 0 bridgehead atoms. The van der Waals surface area contributed by atoms with Crippen molar-refractivity contribution in [2.75, 3.05) is 18.1 Å². The molecule has 12 nitrogen and oxygen atoms in total. The summed E-state index contributed by atoms with van der Waals surface area (Å²) in [5.74, 6) is -1.54. The molecule has 224 valence electrons. The molecular formula is C27H44N6O6S. The van der Waals surface area contributed by atoms with Crippen LogP contribution in [0, 0.1) is 5.92 Å². The molecule has 5 amide bonds. The molecular weight excluding hydrogens is 536 g/mol. The Bertz CT molecular complexity index is 973. The summed E-state index contributed by atoms with van der Waals surface area (Å²) < 4.78 is 0. The van der Waals surface area contributed by atoms with Crippen molar-refractivity contribution in [3.8, 4) is 0 Å². The Kier molecular flexibility index (Phi) is 16.6. The van der Waals surface area contributed by atoms with Crippen LogP contribution in [0.4, 0.5) is 10.5 Å². The second-order valence-electron chi connectivity index (χ2n) is 9.96. The van der Waals surface area contributed by atoms with E-state index in [-0.39, 0.29) is 48.8 Å². The number of urea groups is 1. The Balaban J connectivity index is 2.85. The number of carbonyl (C=O) groups excluding carboxylic acids is 5. The van der Waals surface area contributed by atoms with Crippen LogP contribution in [-0.2, 0) is 30.6 Å². The molecule has 0 saturated heterocycles. The zero-order valence-electron chi connectivity index (χ0n) is 24.0. The van der Waals surface area contributed by atoms with Crippen molar-refractivity contribution < 1.29 is 28.8 Å². The summed E-state index contributed by atoms with van der Waals surface area (Å²) in [5.41, 5.74) is 9.42. The second kappa shape index (κ2) is 19.0. The molecule has 0 unspecified atom stereocenters. The average Bonchev–Trinajstić information content (AvgIpc) is 2.89. The third-order valence-electron chi connectivity index (χ3n) is 5.66. The third kappa shape index (κ3) is 14.8. The molecule has 1 aromatic rings. The summed E-state index contributed by atoms with van der Waals surface area (Å²) in [5, 5.41) is 10.7. The predicted molar refractivity (Wildman–Crippen MR) is 156 cm³/mol. The number of thioether (sulfide) groups is 1. The molecule has 0 aliphatic rings. The van der Waals surface area contributed by atoms with Gasteiger partial charge in [0.1, 0.15) is 12.1 Å². The van der Waals surface area contributed by atoms with Crippen LogP contribution in [0.5, 0.6) is 0 Å². The zero-order chi connectivity index (χ0) is 30.1. The summed E-state index contributed by atoms with van der Waals surface area (Å²) in [4.78, 5) is 66.6. The molecule has 0 fully saturated rings. The lowest BCUT2D eigenvalue weighted by atomic mass is 10.0. The maximum atomic E-state index is 13.2. The Morgan fingerprint density at radius 1 is 0.925 bits per heavy atom. The number of anilines is 1. The van der Waals surface area contributed by atoms with E-state index < -0.39 is 29.9 Å². The number of hydrogen-bond donors (Lipinski definition) is 6. The van der Waals surface area contributed by atoms with Crippen LogP contribution < -0.4 is 32.5 Å². The second-order valence-corrected chi connectivity index (χ2v) is 10.8. The minimum Gasteiger partial charge on any atom is -0.352 e. The first kappa shape index (κ1) is 34.9. The number of nitrogens with two attached hydrogens (primary N) is 1. The van der Waals surface area contributed by atoms with E-state index in [0.29, 0.717) is 25.1 Å². The number of primary amides is 1. The lowest BCUT2D eigenvalue weighted by Gasteiger charge is -2.25. The quantitative estimate of drug-likeness (QED) is 0.113. The van der Waals surface area contributed by atoms with Crippen LogP contribution in [0.1, 0.15) is 65.4 Å². The molecule has 7 N–H and O–H groups in total. The fourth-order valence-corrected chi connectivity index (χ4v) is 3.88. The smallest absolute Gasteiger partial charge is 0.312 e. The van der Waals surface area contributed by atoms with Gasteiger partial charge in [-0.1, -0.05) is 37.7 Å². The van der Waals surface area contributed by atoms with E-state index in [9.17, 15) is 24.0 Å². The van der Waals surface area contributed by atoms with E-state index >= 15 is 0 Å². The van der Waals surface area contributed by atoms with E-state index in [1.54, 1.807) is 32.2 Å². The van der Waals surface area contributed by atoms with Crippen molar-refractivity contribution in [3.05, 3.63) is 29.8 Å². The molecule has 0 spiro atoms. The minimum atomic E-state index is -0.933. The van der Waals surface area contributed by atoms with Gasteiger partial charge in [-0.2, -0.15) is 5.48 Å². The third-order valence-corrected chi connectivity index (χ3v) is 6.32. The average molecular weight is 581 g/mol. The van der Waals surface area contributed by atoms with Crippen molar-refractivity contribution in [2.24, 2.45) is 11.7 Å². The topological polar surface area (TPSA) is 181 Å². The Morgan fingerprint density at radius 3 is 2.17 bits per heavy atom. The lowest BCUT2D eigenvalue weighted by Crippen LogP contribution is -2.54. The van der Waals surface area contributed by atoms with Gasteiger partial charge in [0, 0.05) is 31.1 Å². The van der Waals surface area contributed by atoms with Gasteiger partial charge in [0.25, 0.3) is 0 Å². The van der Waals surface area contributed by atoms with Gasteiger partial charge >= 0.3 is 6.03 Å². The van der Waals surface area contributed by atoms with Crippen LogP contribution in [0.3, 0.4) is 0 Å². The molecule has 0 saturated carbocycles. The first-order valence-corrected chi connectivity index (χ1v) is 14.6. The predicted octanol–water partition coefficient (Wildman–Crippen LogP) is 2.19. The number of rotatable bonds is 18. The lowest BCUT2D eigenvalue weighted by molar-refractivity contribution is -0.132. The van der Waals surface area contributed by atoms with Crippen molar-refractivity contribution >= 4 is 46.3 Å². The highest BCUT2D eigenvalue weighted by molar-refractivity contribution is 8.13. The Morgan fingerprint density at radius 2 is 1.60 bits per heavy atom. The van der Waals surface area contributed by atoms with Gasteiger partial charge in [-0.05, 0) is 63.0 Å². The maximum Gasteiger partial charge on any atom is 0.312 e. The number of carbonyl (C=O) groups is 5. The minimum absolute atomic E-state index is 0.00302. The van der Waals surface area contributed by atoms with Gasteiger partial charge in [0.2, 0.25) is 17.7 Å². The van der Waals surface area contributed by atoms with Crippen LogP contribution in [0.25, 0.3) is 0 Å². The van der Waals surface area contributed by atoms with Crippen LogP contribution >= 0.6 is 11.8 Å². The van der Waals surface area contributed by atoms with E-state index in [2.05, 4.69) is 26.7 Å². The van der Waals surface area contributed by atoms with Crippen LogP contribution in [-0.4, -0.2) is 59.8 Å². The van der Waals surface area contributed by atoms with Gasteiger partial charge in [-0.3, -0.25) is 24.0 Å². The van der Waals surface area contributed by atoms with Crippen molar-refractivity contribution in [2.45, 2.75) is 84.5 Å². The Hall–Kier alpha value is -3.16. The van der Waals surface area contributed by atoms with Crippen LogP contribution in [0.2, 0.25) is 0 Å². The molecule has 0 aliphatic carbocycles. The monoisotopic (exact) mass is 580 g/mol. The van der Waals surface area contributed by atoms with Gasteiger partial charge in [0.05, 0.1) is 6.61 Å². The van der Waals surface area contributed by atoms with E-state index in [1.807, 2.05) is 26.0 Å². The van der Waals surface area contributed by atoms with E-state index in [0.717, 1.165) is 17.3 Å². The zero-order valence-corrected chi connectivity index (χ0v) is 24.8. The number of hydrogen-bond acceptors (Lipinski definition) is 8. The summed E-state index contributed by atoms with van der Waals surface area (Å²) in [6, 6.07) is 4.80. The van der Waals surface area contributed by atoms with Gasteiger partial charge in [-0.15, -0.1) is 0 Å². The van der Waals surface area contributed by atoms with Gasteiger partial charge < -0.3 is 27.0 Å². The SMILES string of the molecule is CSC(=O)CCCC(=O)N[C@@H](C(=O)N[C@H](CCCNC(N)=O)C(=O)Nc1ccc(CONC(C)C)cc1)C(C)C. The van der Waals surface area contributed by atoms with Crippen LogP contribution in [0.15, 0.2) is 24.3 Å². The maximum absolute atomic E-state index is 13.2. The number of hydroxylamine groups is 1. The van der Waals surface area contributed by atoms with Gasteiger partial charge in [-0.25, -0.2) is 4.79 Å². The molecule has 0 heterocycles. The number of benzene rings is 1. The standard InChI is InChI=1S/C27H44N6O6S/c1-17(2)24(32-22(34)9-6-10-23(35)40-5)26(37)31-21(8-7-15-29-27(28)38)25(36)30-20-13-11-19(12-14-20)16-39-33-18(3)4/h11-14,17-18,21,24,33H,6-10,15-16H2,1-5H3,(H,30,36)(H,31,37)(H,32,34)(H3,28,29,38)/t21-,24-/m1/s1. The van der Waals surface area contributed by atoms with E-state index in [4.69, 9.17) is 10.6 Å². The highest BCUT2D eigenvalue weighted by Crippen LogP contribution is 2.13. The molecule has 1 rings (SSSR count). The largest absolute Gasteiger partial charge is 0.352 e. The summed E-state index contributed by atoms with van der Waals surface area (Å²) in [6.45, 7) is 8.09. The highest BCUT2D eigenvalue weighted by atomic mass is 32.2. The number of nitrogens with one attached hydrogen (secondary N) is 5. The first-order valence-electron chi connectivity index (χ1n) is 13.4. The van der Waals surface area contributed by atoms with Crippen molar-refractivity contribution in [3.63, 3.8) is 0 Å². The van der Waals surface area contributed by atoms with Crippen molar-refractivity contribution in [1.82, 2.24) is 21.4 Å². The molecule has 0 radical (unpaired) electrons. The molecule has 13 heteroatoms. The number of amides is 5. The molecule has 2 atom stereocenters. The highest BCUT2D eigenvalue weighted by Gasteiger charge is 2.28. The molecule has 0 aromatic heterocycles. The van der Waals surface area contributed by atoms with Crippen molar-refractivity contribution in [1.29, 1.82) is 0 Å². The molecule has 0 aliphatic heterocycles. The Labute approximate surface area is 240 Å². The molecule has 1 aromatic carbocycles. The fourth-order valence-electron chi connectivity index (χ4n) is 3.53. The first-order chi connectivity index (χ1) is 18.9. The molecule has 40 heavy (non-hydrogen) atoms. The van der Waals surface area contributed by atoms with Gasteiger partial charge in [0.15, 0.2) is 5.12 Å². The summed E-state index contributed by atoms with van der Waals surface area (Å²) >= 11 is 1.11. The fraction of sp³-hybridized carbons (Fsp3) is 0.593. The summed E-state index contributed by atoms with van der Waals surface area (Å²) in [7, 11) is 0. The normalized spacial score (nSPS) is 12.5. The summed E-state index contributed by atoms with van der Waals surface area (Å²) in [6.07, 6.45) is 3.06.